The summed E-state index contributed by atoms with van der Waals surface area (Å²) in [6.45, 7) is 7.77. The van der Waals surface area contributed by atoms with Crippen LogP contribution >= 0.6 is 0 Å². The van der Waals surface area contributed by atoms with Crippen molar-refractivity contribution < 1.29 is 18.0 Å². The number of hydrogen-bond acceptors (Lipinski definition) is 4. The van der Waals surface area contributed by atoms with Crippen molar-refractivity contribution in [3.63, 3.8) is 0 Å². The quantitative estimate of drug-likeness (QED) is 0.312. The lowest BCUT2D eigenvalue weighted by Gasteiger charge is -2.34. The van der Waals surface area contributed by atoms with Crippen LogP contribution in [0.1, 0.15) is 56.7 Å². The lowest BCUT2D eigenvalue weighted by atomic mass is 10.0. The fourth-order valence-electron chi connectivity index (χ4n) is 4.41. The van der Waals surface area contributed by atoms with Crippen LogP contribution in [0.15, 0.2) is 84.9 Å². The van der Waals surface area contributed by atoms with Gasteiger partial charge >= 0.3 is 0 Å². The monoisotopic (exact) mass is 563 g/mol. The van der Waals surface area contributed by atoms with Crippen LogP contribution < -0.4 is 9.62 Å². The Morgan fingerprint density at radius 1 is 0.825 bits per heavy atom. The molecule has 2 amide bonds. The molecular formula is C32H41N3O4S. The second-order valence-corrected chi connectivity index (χ2v) is 12.5. The molecule has 3 rings (SSSR count). The normalized spacial score (nSPS) is 12.9. The predicted molar refractivity (Wildman–Crippen MR) is 162 cm³/mol. The smallest absolute Gasteiger partial charge is 0.244 e. The lowest BCUT2D eigenvalue weighted by molar-refractivity contribution is -0.140. The van der Waals surface area contributed by atoms with Gasteiger partial charge in [-0.05, 0) is 48.1 Å². The first-order valence-electron chi connectivity index (χ1n) is 13.7. The first-order valence-corrected chi connectivity index (χ1v) is 15.6. The zero-order valence-electron chi connectivity index (χ0n) is 24.1. The molecule has 0 bridgehead atoms. The number of rotatable bonds is 13. The van der Waals surface area contributed by atoms with Crippen LogP contribution in [0.5, 0.6) is 0 Å². The molecule has 3 aromatic carbocycles. The molecule has 0 fully saturated rings. The number of benzene rings is 3. The summed E-state index contributed by atoms with van der Waals surface area (Å²) < 4.78 is 27.0. The van der Waals surface area contributed by atoms with Crippen LogP contribution in [-0.4, -0.2) is 50.0 Å². The van der Waals surface area contributed by atoms with Gasteiger partial charge in [0.2, 0.25) is 21.8 Å². The highest BCUT2D eigenvalue weighted by atomic mass is 32.2. The maximum Gasteiger partial charge on any atom is 0.244 e. The van der Waals surface area contributed by atoms with E-state index >= 15 is 0 Å². The molecule has 7 nitrogen and oxygen atoms in total. The maximum atomic E-state index is 14.1. The van der Waals surface area contributed by atoms with Crippen molar-refractivity contribution in [1.29, 1.82) is 0 Å². The van der Waals surface area contributed by atoms with Gasteiger partial charge in [0.25, 0.3) is 0 Å². The summed E-state index contributed by atoms with van der Waals surface area (Å²) in [7, 11) is -3.80. The van der Waals surface area contributed by atoms with Crippen LogP contribution in [0.4, 0.5) is 5.69 Å². The van der Waals surface area contributed by atoms with Gasteiger partial charge in [-0.15, -0.1) is 0 Å². The number of nitrogens with zero attached hydrogens (tertiary/aromatic N) is 2. The Labute approximate surface area is 239 Å². The van der Waals surface area contributed by atoms with Crippen LogP contribution in [0.3, 0.4) is 0 Å². The third-order valence-electron chi connectivity index (χ3n) is 6.99. The molecule has 0 aliphatic rings. The van der Waals surface area contributed by atoms with Crippen molar-refractivity contribution in [1.82, 2.24) is 10.2 Å². The number of carbonyl (C=O) groups excluding carboxylic acids is 2. The van der Waals surface area contributed by atoms with Crippen molar-refractivity contribution in [2.45, 2.75) is 65.1 Å². The van der Waals surface area contributed by atoms with Gasteiger partial charge in [0.05, 0.1) is 11.9 Å². The third-order valence-corrected chi connectivity index (χ3v) is 8.14. The second-order valence-electron chi connectivity index (χ2n) is 10.5. The van der Waals surface area contributed by atoms with E-state index < -0.39 is 28.5 Å². The number of nitrogens with one attached hydrogen (secondary N) is 1. The molecule has 3 aromatic rings. The number of amides is 2. The lowest BCUT2D eigenvalue weighted by Crippen LogP contribution is -2.54. The number of hydrogen-bond donors (Lipinski definition) is 1. The molecular weight excluding hydrogens is 522 g/mol. The summed E-state index contributed by atoms with van der Waals surface area (Å²) in [5, 5.41) is 3.04. The summed E-state index contributed by atoms with van der Waals surface area (Å²) >= 11 is 0. The van der Waals surface area contributed by atoms with Crippen LogP contribution in [-0.2, 0) is 32.6 Å². The van der Waals surface area contributed by atoms with Gasteiger partial charge in [-0.2, -0.15) is 0 Å². The third kappa shape index (κ3) is 8.68. The molecule has 40 heavy (non-hydrogen) atoms. The van der Waals surface area contributed by atoms with Gasteiger partial charge < -0.3 is 10.2 Å². The molecule has 0 saturated heterocycles. The fraction of sp³-hybridized carbons (Fsp3) is 0.375. The van der Waals surface area contributed by atoms with Crippen LogP contribution in [0.25, 0.3) is 0 Å². The Bertz CT molecular complexity index is 1340. The van der Waals surface area contributed by atoms with Crippen molar-refractivity contribution in [2.75, 3.05) is 17.1 Å². The van der Waals surface area contributed by atoms with Crippen molar-refractivity contribution >= 4 is 27.5 Å². The molecule has 0 saturated carbocycles. The molecule has 0 spiro atoms. The molecule has 214 valence electrons. The van der Waals surface area contributed by atoms with E-state index in [2.05, 4.69) is 19.2 Å². The molecule has 0 unspecified atom stereocenters. The SMILES string of the molecule is CC[C@H](C)NC(=O)[C@@H](Cc1ccccc1)N(Cc1ccccc1)C(=O)CN(c1ccc(C(C)C)cc1)S(C)(=O)=O. The molecule has 0 aliphatic carbocycles. The highest BCUT2D eigenvalue weighted by Crippen LogP contribution is 2.23. The standard InChI is InChI=1S/C32H41N3O4S/c1-6-25(4)33-32(37)30(21-26-13-9-7-10-14-26)34(22-27-15-11-8-12-16-27)31(36)23-35(40(5,38)39)29-19-17-28(18-20-29)24(2)3/h7-20,24-25,30H,6,21-23H2,1-5H3,(H,33,37)/t25-,30+/m0/s1. The van der Waals surface area contributed by atoms with Crippen LogP contribution in [0, 0.1) is 0 Å². The van der Waals surface area contributed by atoms with Gasteiger partial charge in [-0.25, -0.2) is 8.42 Å². The van der Waals surface area contributed by atoms with Crippen molar-refractivity contribution in [2.24, 2.45) is 0 Å². The maximum absolute atomic E-state index is 14.1. The Morgan fingerprint density at radius 3 is 1.88 bits per heavy atom. The van der Waals surface area contributed by atoms with E-state index in [9.17, 15) is 18.0 Å². The average Bonchev–Trinajstić information content (AvgIpc) is 2.93. The summed E-state index contributed by atoms with van der Waals surface area (Å²) in [5.41, 5.74) is 3.22. The fourth-order valence-corrected chi connectivity index (χ4v) is 5.26. The zero-order chi connectivity index (χ0) is 29.3. The van der Waals surface area contributed by atoms with Crippen LogP contribution in [0.2, 0.25) is 0 Å². The van der Waals surface area contributed by atoms with E-state index in [0.29, 0.717) is 12.1 Å². The van der Waals surface area contributed by atoms with E-state index in [0.717, 1.165) is 33.7 Å². The first-order chi connectivity index (χ1) is 19.0. The number of carbonyl (C=O) groups is 2. The topological polar surface area (TPSA) is 86.8 Å². The Morgan fingerprint density at radius 2 is 1.38 bits per heavy atom. The number of sulfonamides is 1. The van der Waals surface area contributed by atoms with Gasteiger partial charge in [0.1, 0.15) is 12.6 Å². The van der Waals surface area contributed by atoms with Gasteiger partial charge in [0, 0.05) is 19.0 Å². The van der Waals surface area contributed by atoms with E-state index in [1.54, 1.807) is 12.1 Å². The number of anilines is 1. The molecule has 0 aliphatic heterocycles. The predicted octanol–water partition coefficient (Wildman–Crippen LogP) is 5.13. The second kappa shape index (κ2) is 14.1. The molecule has 0 aromatic heterocycles. The van der Waals surface area contributed by atoms with Crippen molar-refractivity contribution in [3.05, 3.63) is 102 Å². The summed E-state index contributed by atoms with van der Waals surface area (Å²) in [4.78, 5) is 29.3. The first kappa shape index (κ1) is 30.9. The van der Waals surface area contributed by atoms with Crippen molar-refractivity contribution in [3.8, 4) is 0 Å². The van der Waals surface area contributed by atoms with E-state index in [1.807, 2.05) is 86.6 Å². The molecule has 1 N–H and O–H groups in total. The van der Waals surface area contributed by atoms with Gasteiger partial charge in [0.15, 0.2) is 0 Å². The molecule has 8 heteroatoms. The van der Waals surface area contributed by atoms with E-state index in [-0.39, 0.29) is 24.4 Å². The van der Waals surface area contributed by atoms with Gasteiger partial charge in [-0.1, -0.05) is 93.6 Å². The molecule has 0 heterocycles. The minimum atomic E-state index is -3.80. The van der Waals surface area contributed by atoms with E-state index in [4.69, 9.17) is 0 Å². The van der Waals surface area contributed by atoms with E-state index in [1.165, 1.54) is 4.90 Å². The molecule has 0 radical (unpaired) electrons. The highest BCUT2D eigenvalue weighted by Gasteiger charge is 2.33. The summed E-state index contributed by atoms with van der Waals surface area (Å²) in [6, 6.07) is 25.3. The highest BCUT2D eigenvalue weighted by molar-refractivity contribution is 7.92. The minimum absolute atomic E-state index is 0.0774. The van der Waals surface area contributed by atoms with Gasteiger partial charge in [-0.3, -0.25) is 13.9 Å². The Balaban J connectivity index is 2.02. The zero-order valence-corrected chi connectivity index (χ0v) is 24.9. The largest absolute Gasteiger partial charge is 0.352 e. The molecule has 2 atom stereocenters. The summed E-state index contributed by atoms with van der Waals surface area (Å²) in [6.07, 6.45) is 2.13. The summed E-state index contributed by atoms with van der Waals surface area (Å²) in [5.74, 6) is -0.441. The Kier molecular flexibility index (Phi) is 10.9. The average molecular weight is 564 g/mol. The Hall–Kier alpha value is -3.65. The minimum Gasteiger partial charge on any atom is -0.352 e.